The summed E-state index contributed by atoms with van der Waals surface area (Å²) in [6.07, 6.45) is 2.74. The van der Waals surface area contributed by atoms with Gasteiger partial charge in [0.2, 0.25) is 0 Å². The maximum Gasteiger partial charge on any atom is 0.175 e. The van der Waals surface area contributed by atoms with Crippen LogP contribution in [0.4, 0.5) is 0 Å². The van der Waals surface area contributed by atoms with Crippen molar-refractivity contribution in [1.29, 1.82) is 0 Å². The van der Waals surface area contributed by atoms with Gasteiger partial charge in [0, 0.05) is 19.1 Å². The van der Waals surface area contributed by atoms with Crippen LogP contribution in [0.25, 0.3) is 0 Å². The molecule has 0 aromatic heterocycles. The predicted molar refractivity (Wildman–Crippen MR) is 103 cm³/mol. The minimum absolute atomic E-state index is 0.117. The Labute approximate surface area is 155 Å². The maximum atomic E-state index is 5.90. The third kappa shape index (κ3) is 5.36. The molecule has 1 aliphatic heterocycles. The average Bonchev–Trinajstić information content (AvgIpc) is 2.98. The number of rotatable bonds is 9. The van der Waals surface area contributed by atoms with Crippen molar-refractivity contribution in [3.63, 3.8) is 0 Å². The first-order valence-electron chi connectivity index (χ1n) is 9.11. The first kappa shape index (κ1) is 19.5. The van der Waals surface area contributed by atoms with Gasteiger partial charge in [0.25, 0.3) is 0 Å². The van der Waals surface area contributed by atoms with E-state index < -0.39 is 0 Å². The molecule has 0 aliphatic carbocycles. The fourth-order valence-corrected chi connectivity index (χ4v) is 3.85. The summed E-state index contributed by atoms with van der Waals surface area (Å²) < 4.78 is 12.6. The molecule has 0 unspecified atom stereocenters. The summed E-state index contributed by atoms with van der Waals surface area (Å²) in [6, 6.07) is 4.89. The molecular formula is C19H31BrN2O2. The van der Waals surface area contributed by atoms with Crippen LogP contribution in [0.15, 0.2) is 16.6 Å². The fourth-order valence-electron chi connectivity index (χ4n) is 3.26. The molecule has 0 radical (unpaired) electrons. The van der Waals surface area contributed by atoms with Gasteiger partial charge in [-0.25, -0.2) is 0 Å². The second kappa shape index (κ2) is 9.64. The Balaban J connectivity index is 1.99. The molecule has 2 rings (SSSR count). The molecule has 4 nitrogen and oxygen atoms in total. The molecule has 1 aromatic carbocycles. The van der Waals surface area contributed by atoms with Crippen molar-refractivity contribution in [3.8, 4) is 11.5 Å². The van der Waals surface area contributed by atoms with E-state index in [2.05, 4.69) is 45.2 Å². The molecule has 1 N–H and O–H groups in total. The number of halogens is 1. The summed E-state index contributed by atoms with van der Waals surface area (Å²) in [5.74, 6) is 1.61. The number of nitrogens with zero attached hydrogens (tertiary/aromatic N) is 1. The standard InChI is InChI=1S/C19H31BrN2O2/c1-5-22-9-7-8-16(22)13-21-12-15-10-17(20)19(24-14(3)4)18(11-15)23-6-2/h10-11,14,16,21H,5-9,12-13H2,1-4H3/t16-/m1/s1. The molecule has 1 aliphatic rings. The van der Waals surface area contributed by atoms with Crippen LogP contribution in [-0.2, 0) is 6.54 Å². The predicted octanol–water partition coefficient (Wildman–Crippen LogP) is 4.21. The van der Waals surface area contributed by atoms with Crippen molar-refractivity contribution < 1.29 is 9.47 Å². The van der Waals surface area contributed by atoms with Crippen LogP contribution in [0.2, 0.25) is 0 Å². The number of likely N-dealkylation sites (N-methyl/N-ethyl adjacent to an activating group) is 1. The van der Waals surface area contributed by atoms with Crippen LogP contribution in [0.3, 0.4) is 0 Å². The van der Waals surface area contributed by atoms with Crippen LogP contribution in [0.5, 0.6) is 11.5 Å². The van der Waals surface area contributed by atoms with E-state index >= 15 is 0 Å². The smallest absolute Gasteiger partial charge is 0.175 e. The number of ether oxygens (including phenoxy) is 2. The van der Waals surface area contributed by atoms with Gasteiger partial charge in [-0.05, 0) is 80.3 Å². The van der Waals surface area contributed by atoms with Crippen LogP contribution in [-0.4, -0.2) is 43.3 Å². The van der Waals surface area contributed by atoms with E-state index in [1.807, 2.05) is 20.8 Å². The van der Waals surface area contributed by atoms with E-state index in [1.165, 1.54) is 24.9 Å². The molecule has 1 saturated heterocycles. The maximum absolute atomic E-state index is 5.90. The van der Waals surface area contributed by atoms with Crippen LogP contribution >= 0.6 is 15.9 Å². The van der Waals surface area contributed by atoms with Gasteiger partial charge in [0.15, 0.2) is 11.5 Å². The number of hydrogen-bond donors (Lipinski definition) is 1. The minimum atomic E-state index is 0.117. The van der Waals surface area contributed by atoms with Gasteiger partial charge >= 0.3 is 0 Å². The Morgan fingerprint density at radius 1 is 1.33 bits per heavy atom. The van der Waals surface area contributed by atoms with Crippen LogP contribution < -0.4 is 14.8 Å². The normalized spacial score (nSPS) is 18.3. The number of hydrogen-bond acceptors (Lipinski definition) is 4. The van der Waals surface area contributed by atoms with E-state index in [4.69, 9.17) is 9.47 Å². The highest BCUT2D eigenvalue weighted by Crippen LogP contribution is 2.37. The monoisotopic (exact) mass is 398 g/mol. The van der Waals surface area contributed by atoms with E-state index in [1.54, 1.807) is 0 Å². The second-order valence-electron chi connectivity index (χ2n) is 6.56. The Morgan fingerprint density at radius 2 is 2.12 bits per heavy atom. The zero-order valence-electron chi connectivity index (χ0n) is 15.4. The van der Waals surface area contributed by atoms with Gasteiger partial charge < -0.3 is 14.8 Å². The van der Waals surface area contributed by atoms with Crippen molar-refractivity contribution in [2.24, 2.45) is 0 Å². The Morgan fingerprint density at radius 3 is 2.79 bits per heavy atom. The Hall–Kier alpha value is -0.780. The zero-order chi connectivity index (χ0) is 17.5. The van der Waals surface area contributed by atoms with Gasteiger partial charge in [0.1, 0.15) is 0 Å². The summed E-state index contributed by atoms with van der Waals surface area (Å²) in [5.41, 5.74) is 1.21. The lowest BCUT2D eigenvalue weighted by Gasteiger charge is -2.23. The topological polar surface area (TPSA) is 33.7 Å². The molecular weight excluding hydrogens is 368 g/mol. The quantitative estimate of drug-likeness (QED) is 0.675. The lowest BCUT2D eigenvalue weighted by molar-refractivity contribution is 0.222. The average molecular weight is 399 g/mol. The largest absolute Gasteiger partial charge is 0.490 e. The lowest BCUT2D eigenvalue weighted by atomic mass is 10.1. The molecule has 0 spiro atoms. The highest BCUT2D eigenvalue weighted by Gasteiger charge is 2.22. The van der Waals surface area contributed by atoms with E-state index in [0.717, 1.165) is 35.6 Å². The van der Waals surface area contributed by atoms with E-state index in [9.17, 15) is 0 Å². The highest BCUT2D eigenvalue weighted by atomic mass is 79.9. The molecule has 1 aromatic rings. The molecule has 0 bridgehead atoms. The third-order valence-electron chi connectivity index (χ3n) is 4.34. The summed E-state index contributed by atoms with van der Waals surface area (Å²) in [6.45, 7) is 13.2. The van der Waals surface area contributed by atoms with Crippen molar-refractivity contribution in [3.05, 3.63) is 22.2 Å². The van der Waals surface area contributed by atoms with Crippen molar-refractivity contribution in [2.75, 3.05) is 26.2 Å². The molecule has 1 atom stereocenters. The minimum Gasteiger partial charge on any atom is -0.490 e. The SMILES string of the molecule is CCOc1cc(CNC[C@H]2CCCN2CC)cc(Br)c1OC(C)C. The molecule has 1 heterocycles. The molecule has 24 heavy (non-hydrogen) atoms. The number of likely N-dealkylation sites (tertiary alicyclic amines) is 1. The van der Waals surface area contributed by atoms with Gasteiger partial charge in [-0.3, -0.25) is 4.90 Å². The molecule has 0 saturated carbocycles. The first-order chi connectivity index (χ1) is 11.5. The summed E-state index contributed by atoms with van der Waals surface area (Å²) in [7, 11) is 0. The van der Waals surface area contributed by atoms with Gasteiger partial charge in [0.05, 0.1) is 17.2 Å². The highest BCUT2D eigenvalue weighted by molar-refractivity contribution is 9.10. The van der Waals surface area contributed by atoms with E-state index in [0.29, 0.717) is 12.6 Å². The van der Waals surface area contributed by atoms with Gasteiger partial charge in [-0.1, -0.05) is 6.92 Å². The Kier molecular flexibility index (Phi) is 7.85. The second-order valence-corrected chi connectivity index (χ2v) is 7.41. The van der Waals surface area contributed by atoms with E-state index in [-0.39, 0.29) is 6.10 Å². The zero-order valence-corrected chi connectivity index (χ0v) is 17.0. The molecule has 1 fully saturated rings. The number of nitrogens with one attached hydrogen (secondary N) is 1. The third-order valence-corrected chi connectivity index (χ3v) is 4.93. The van der Waals surface area contributed by atoms with Crippen molar-refractivity contribution >= 4 is 15.9 Å². The summed E-state index contributed by atoms with van der Waals surface area (Å²) >= 11 is 3.63. The van der Waals surface area contributed by atoms with Gasteiger partial charge in [-0.2, -0.15) is 0 Å². The summed E-state index contributed by atoms with van der Waals surface area (Å²) in [4.78, 5) is 2.56. The number of benzene rings is 1. The van der Waals surface area contributed by atoms with Crippen LogP contribution in [0, 0.1) is 0 Å². The molecule has 0 amide bonds. The van der Waals surface area contributed by atoms with Crippen LogP contribution in [0.1, 0.15) is 46.1 Å². The van der Waals surface area contributed by atoms with Gasteiger partial charge in [-0.15, -0.1) is 0 Å². The fraction of sp³-hybridized carbons (Fsp3) is 0.684. The lowest BCUT2D eigenvalue weighted by Crippen LogP contribution is -2.37. The van der Waals surface area contributed by atoms with Crippen molar-refractivity contribution in [1.82, 2.24) is 10.2 Å². The first-order valence-corrected chi connectivity index (χ1v) is 9.91. The molecule has 136 valence electrons. The van der Waals surface area contributed by atoms with Crippen molar-refractivity contribution in [2.45, 2.75) is 59.2 Å². The Bertz CT molecular complexity index is 522. The molecule has 5 heteroatoms. The summed E-state index contributed by atoms with van der Waals surface area (Å²) in [5, 5.41) is 3.61.